The van der Waals surface area contributed by atoms with Crippen molar-refractivity contribution >= 4 is 34.4 Å². The lowest BCUT2D eigenvalue weighted by Crippen LogP contribution is -2.32. The van der Waals surface area contributed by atoms with Crippen LogP contribution in [0.2, 0.25) is 0 Å². The van der Waals surface area contributed by atoms with E-state index in [9.17, 15) is 9.90 Å². The Balaban J connectivity index is 1.57. The monoisotopic (exact) mass is 345 g/mol. The minimum atomic E-state index is -0.700. The predicted octanol–water partition coefficient (Wildman–Crippen LogP) is 3.73. The van der Waals surface area contributed by atoms with Gasteiger partial charge in [-0.05, 0) is 34.5 Å². The van der Waals surface area contributed by atoms with Crippen molar-refractivity contribution in [3.8, 4) is 10.6 Å². The van der Waals surface area contributed by atoms with E-state index in [1.807, 2.05) is 46.5 Å². The molecule has 1 atom stereocenters. The maximum atomic E-state index is 11.9. The lowest BCUT2D eigenvalue weighted by molar-refractivity contribution is 0.175. The smallest absolute Gasteiger partial charge is 0.319 e. The largest absolute Gasteiger partial charge is 0.387 e. The minimum absolute atomic E-state index is 0.161. The number of aliphatic hydroxyl groups is 1. The van der Waals surface area contributed by atoms with Gasteiger partial charge >= 0.3 is 6.03 Å². The Morgan fingerprint density at radius 3 is 2.96 bits per heavy atom. The number of thiazole rings is 1. The maximum absolute atomic E-state index is 11.9. The van der Waals surface area contributed by atoms with Crippen molar-refractivity contribution in [3.05, 3.63) is 58.2 Å². The summed E-state index contributed by atoms with van der Waals surface area (Å²) in [7, 11) is 0. The fourth-order valence-electron chi connectivity index (χ4n) is 2.04. The normalized spacial score (nSPS) is 11.9. The Morgan fingerprint density at radius 1 is 1.30 bits per heavy atom. The van der Waals surface area contributed by atoms with E-state index >= 15 is 0 Å². The highest BCUT2D eigenvalue weighted by Gasteiger charge is 2.10. The van der Waals surface area contributed by atoms with Crippen LogP contribution in [0.4, 0.5) is 10.5 Å². The van der Waals surface area contributed by atoms with Crippen LogP contribution >= 0.6 is 22.7 Å². The first-order valence-corrected chi connectivity index (χ1v) is 8.79. The fourth-order valence-corrected chi connectivity index (χ4v) is 3.39. The standard InChI is InChI=1S/C16H15N3O2S2/c20-14(12-4-6-22-10-12)9-18-16(21)19-13-3-1-2-11(8-13)15-17-5-7-23-15/h1-8,10,14,20H,9H2,(H2,18,19,21). The second kappa shape index (κ2) is 7.36. The topological polar surface area (TPSA) is 74.2 Å². The zero-order chi connectivity index (χ0) is 16.1. The number of thiophene rings is 1. The summed E-state index contributed by atoms with van der Waals surface area (Å²) < 4.78 is 0. The van der Waals surface area contributed by atoms with Crippen LogP contribution in [0.15, 0.2) is 52.7 Å². The molecule has 2 aromatic heterocycles. The summed E-state index contributed by atoms with van der Waals surface area (Å²) in [6.07, 6.45) is 1.05. The van der Waals surface area contributed by atoms with Gasteiger partial charge in [-0.3, -0.25) is 0 Å². The zero-order valence-corrected chi connectivity index (χ0v) is 13.7. The molecule has 0 aliphatic rings. The molecule has 1 unspecified atom stereocenters. The lowest BCUT2D eigenvalue weighted by Gasteiger charge is -2.12. The molecule has 0 radical (unpaired) electrons. The van der Waals surface area contributed by atoms with Gasteiger partial charge in [0.2, 0.25) is 0 Å². The third-order valence-corrected chi connectivity index (χ3v) is 4.71. The highest BCUT2D eigenvalue weighted by Crippen LogP contribution is 2.24. The summed E-state index contributed by atoms with van der Waals surface area (Å²) in [6, 6.07) is 8.98. The Hall–Kier alpha value is -2.22. The minimum Gasteiger partial charge on any atom is -0.387 e. The first kappa shape index (κ1) is 15.7. The molecular weight excluding hydrogens is 330 g/mol. The first-order valence-electron chi connectivity index (χ1n) is 6.97. The van der Waals surface area contributed by atoms with Crippen LogP contribution in [0.3, 0.4) is 0 Å². The predicted molar refractivity (Wildman–Crippen MR) is 93.9 cm³/mol. The fraction of sp³-hybridized carbons (Fsp3) is 0.125. The second-order valence-corrected chi connectivity index (χ2v) is 6.50. The molecule has 7 heteroatoms. The van der Waals surface area contributed by atoms with Gasteiger partial charge in [-0.2, -0.15) is 11.3 Å². The summed E-state index contributed by atoms with van der Waals surface area (Å²) in [4.78, 5) is 16.2. The van der Waals surface area contributed by atoms with E-state index in [1.54, 1.807) is 17.5 Å². The number of urea groups is 1. The van der Waals surface area contributed by atoms with Crippen LogP contribution in [0, 0.1) is 0 Å². The van der Waals surface area contributed by atoms with Crippen molar-refractivity contribution in [1.82, 2.24) is 10.3 Å². The maximum Gasteiger partial charge on any atom is 0.319 e. The van der Waals surface area contributed by atoms with Crippen LogP contribution in [-0.2, 0) is 0 Å². The summed E-state index contributed by atoms with van der Waals surface area (Å²) >= 11 is 3.06. The van der Waals surface area contributed by atoms with Crippen molar-refractivity contribution in [2.24, 2.45) is 0 Å². The number of amides is 2. The van der Waals surface area contributed by atoms with Crippen LogP contribution in [0.25, 0.3) is 10.6 Å². The number of anilines is 1. The van der Waals surface area contributed by atoms with Gasteiger partial charge in [0, 0.05) is 29.4 Å². The molecule has 0 saturated carbocycles. The quantitative estimate of drug-likeness (QED) is 0.660. The van der Waals surface area contributed by atoms with Gasteiger partial charge < -0.3 is 15.7 Å². The molecule has 118 valence electrons. The Bertz CT molecular complexity index is 758. The van der Waals surface area contributed by atoms with Gasteiger partial charge in [-0.15, -0.1) is 11.3 Å². The van der Waals surface area contributed by atoms with Gasteiger partial charge in [0.15, 0.2) is 0 Å². The van der Waals surface area contributed by atoms with Crippen LogP contribution in [0.1, 0.15) is 11.7 Å². The number of carbonyl (C=O) groups is 1. The van der Waals surface area contributed by atoms with Gasteiger partial charge in [0.25, 0.3) is 0 Å². The third kappa shape index (κ3) is 4.16. The third-order valence-electron chi connectivity index (χ3n) is 3.18. The van der Waals surface area contributed by atoms with Gasteiger partial charge in [-0.1, -0.05) is 12.1 Å². The molecule has 0 saturated heterocycles. The molecule has 5 nitrogen and oxygen atoms in total. The number of nitrogens with one attached hydrogen (secondary N) is 2. The van der Waals surface area contributed by atoms with Crippen molar-refractivity contribution < 1.29 is 9.90 Å². The summed E-state index contributed by atoms with van der Waals surface area (Å²) in [5.74, 6) is 0. The SMILES string of the molecule is O=C(NCC(O)c1ccsc1)Nc1cccc(-c2nccs2)c1. The van der Waals surface area contributed by atoms with E-state index in [4.69, 9.17) is 0 Å². The molecule has 3 N–H and O–H groups in total. The summed E-state index contributed by atoms with van der Waals surface area (Å²) in [5.41, 5.74) is 2.44. The van der Waals surface area contributed by atoms with Crippen LogP contribution in [0.5, 0.6) is 0 Å². The number of benzene rings is 1. The van der Waals surface area contributed by atoms with Crippen LogP contribution in [-0.4, -0.2) is 22.7 Å². The van der Waals surface area contributed by atoms with Gasteiger partial charge in [0.05, 0.1) is 6.10 Å². The Labute approximate surface area is 141 Å². The average molecular weight is 345 g/mol. The van der Waals surface area contributed by atoms with E-state index in [-0.39, 0.29) is 12.6 Å². The van der Waals surface area contributed by atoms with Crippen molar-refractivity contribution in [3.63, 3.8) is 0 Å². The highest BCUT2D eigenvalue weighted by molar-refractivity contribution is 7.13. The summed E-state index contributed by atoms with van der Waals surface area (Å²) in [5, 5.41) is 21.9. The number of rotatable bonds is 5. The molecule has 0 spiro atoms. The zero-order valence-electron chi connectivity index (χ0n) is 12.1. The molecular formula is C16H15N3O2S2. The van der Waals surface area contributed by atoms with Crippen molar-refractivity contribution in [2.45, 2.75) is 6.10 Å². The molecule has 0 aliphatic heterocycles. The molecule has 0 bridgehead atoms. The average Bonchev–Trinajstić information content (AvgIpc) is 3.25. The number of hydrogen-bond donors (Lipinski definition) is 3. The van der Waals surface area contributed by atoms with E-state index < -0.39 is 6.10 Å². The molecule has 2 heterocycles. The molecule has 3 aromatic rings. The van der Waals surface area contributed by atoms with Crippen molar-refractivity contribution in [2.75, 3.05) is 11.9 Å². The Kier molecular flexibility index (Phi) is 5.02. The van der Waals surface area contributed by atoms with Crippen LogP contribution < -0.4 is 10.6 Å². The van der Waals surface area contributed by atoms with E-state index in [2.05, 4.69) is 15.6 Å². The number of aromatic nitrogens is 1. The van der Waals surface area contributed by atoms with Gasteiger partial charge in [0.1, 0.15) is 5.01 Å². The number of hydrogen-bond acceptors (Lipinski definition) is 5. The highest BCUT2D eigenvalue weighted by atomic mass is 32.1. The van der Waals surface area contributed by atoms with Crippen molar-refractivity contribution in [1.29, 1.82) is 0 Å². The lowest BCUT2D eigenvalue weighted by atomic mass is 10.2. The molecule has 1 aromatic carbocycles. The molecule has 2 amide bonds. The van der Waals surface area contributed by atoms with E-state index in [0.717, 1.165) is 16.1 Å². The number of nitrogens with zero attached hydrogens (tertiary/aromatic N) is 1. The first-order chi connectivity index (χ1) is 11.2. The Morgan fingerprint density at radius 2 is 2.22 bits per heavy atom. The molecule has 0 fully saturated rings. The number of aliphatic hydroxyl groups excluding tert-OH is 1. The molecule has 0 aliphatic carbocycles. The number of carbonyl (C=O) groups excluding carboxylic acids is 1. The summed E-state index contributed by atoms with van der Waals surface area (Å²) in [6.45, 7) is 0.161. The van der Waals surface area contributed by atoms with E-state index in [1.165, 1.54) is 11.3 Å². The molecule has 23 heavy (non-hydrogen) atoms. The second-order valence-electron chi connectivity index (χ2n) is 4.83. The molecule has 3 rings (SSSR count). The van der Waals surface area contributed by atoms with Gasteiger partial charge in [-0.25, -0.2) is 9.78 Å². The van der Waals surface area contributed by atoms with E-state index in [0.29, 0.717) is 5.69 Å².